The standard InChI is InChI=1S/C19H27NO2S/c1-2-13-22-15-16-7-11-20(12-8-16)18(21)19(9-3-4-10-19)17-6-5-14-23-17/h2,5-6,14,16H,1,3-4,7-13,15H2. The zero-order valence-corrected chi connectivity index (χ0v) is 14.7. The number of carbonyl (C=O) groups is 1. The molecule has 0 atom stereocenters. The number of nitrogens with zero attached hydrogens (tertiary/aromatic N) is 1. The molecule has 0 unspecified atom stereocenters. The molecule has 2 heterocycles. The van der Waals surface area contributed by atoms with E-state index in [1.807, 2.05) is 0 Å². The third-order valence-electron chi connectivity index (χ3n) is 5.35. The maximum absolute atomic E-state index is 13.3. The number of piperidine rings is 1. The predicted octanol–water partition coefficient (Wildman–Crippen LogP) is 4.00. The summed E-state index contributed by atoms with van der Waals surface area (Å²) in [6, 6.07) is 4.24. The largest absolute Gasteiger partial charge is 0.377 e. The minimum absolute atomic E-state index is 0.222. The highest BCUT2D eigenvalue weighted by Crippen LogP contribution is 2.44. The fourth-order valence-electron chi connectivity index (χ4n) is 4.02. The van der Waals surface area contributed by atoms with Crippen LogP contribution in [0, 0.1) is 5.92 Å². The molecule has 1 aromatic heterocycles. The minimum Gasteiger partial charge on any atom is -0.377 e. The molecular weight excluding hydrogens is 306 g/mol. The van der Waals surface area contributed by atoms with Gasteiger partial charge >= 0.3 is 0 Å². The van der Waals surface area contributed by atoms with Gasteiger partial charge in [0.15, 0.2) is 0 Å². The van der Waals surface area contributed by atoms with E-state index in [0.717, 1.165) is 45.4 Å². The van der Waals surface area contributed by atoms with Crippen molar-refractivity contribution in [3.05, 3.63) is 35.0 Å². The lowest BCUT2D eigenvalue weighted by molar-refractivity contribution is -0.139. The maximum atomic E-state index is 13.3. The van der Waals surface area contributed by atoms with E-state index in [4.69, 9.17) is 4.74 Å². The Labute approximate surface area is 143 Å². The normalized spacial score (nSPS) is 21.5. The Bertz CT molecular complexity index is 511. The van der Waals surface area contributed by atoms with Crippen LogP contribution in [-0.4, -0.2) is 37.1 Å². The van der Waals surface area contributed by atoms with Crippen LogP contribution in [0.4, 0.5) is 0 Å². The van der Waals surface area contributed by atoms with Crippen molar-refractivity contribution < 1.29 is 9.53 Å². The number of amides is 1. The molecule has 1 amide bonds. The van der Waals surface area contributed by atoms with Gasteiger partial charge < -0.3 is 9.64 Å². The van der Waals surface area contributed by atoms with Gasteiger partial charge in [0, 0.05) is 24.6 Å². The average Bonchev–Trinajstić information content (AvgIpc) is 3.27. The summed E-state index contributed by atoms with van der Waals surface area (Å²) in [5, 5.41) is 2.10. The fraction of sp³-hybridized carbons (Fsp3) is 0.632. The molecule has 126 valence electrons. The highest BCUT2D eigenvalue weighted by atomic mass is 32.1. The van der Waals surface area contributed by atoms with E-state index in [-0.39, 0.29) is 5.41 Å². The minimum atomic E-state index is -0.222. The Morgan fingerprint density at radius 1 is 1.39 bits per heavy atom. The molecule has 0 aromatic carbocycles. The van der Waals surface area contributed by atoms with Crippen molar-refractivity contribution in [3.8, 4) is 0 Å². The first kappa shape index (κ1) is 16.7. The number of hydrogen-bond acceptors (Lipinski definition) is 3. The first-order chi connectivity index (χ1) is 11.3. The van der Waals surface area contributed by atoms with Crippen molar-refractivity contribution in [2.45, 2.75) is 43.9 Å². The lowest BCUT2D eigenvalue weighted by atomic mass is 9.82. The summed E-state index contributed by atoms with van der Waals surface area (Å²) >= 11 is 1.75. The van der Waals surface area contributed by atoms with Crippen molar-refractivity contribution in [1.82, 2.24) is 4.90 Å². The maximum Gasteiger partial charge on any atom is 0.234 e. The van der Waals surface area contributed by atoms with Crippen LogP contribution in [0.15, 0.2) is 30.2 Å². The Balaban J connectivity index is 1.61. The summed E-state index contributed by atoms with van der Waals surface area (Å²) in [6.07, 6.45) is 8.31. The van der Waals surface area contributed by atoms with Gasteiger partial charge in [0.05, 0.1) is 12.0 Å². The Morgan fingerprint density at radius 3 is 2.74 bits per heavy atom. The Kier molecular flexibility index (Phi) is 5.54. The van der Waals surface area contributed by atoms with E-state index >= 15 is 0 Å². The summed E-state index contributed by atoms with van der Waals surface area (Å²) in [5.41, 5.74) is -0.222. The predicted molar refractivity (Wildman–Crippen MR) is 94.8 cm³/mol. The molecule has 1 aliphatic carbocycles. The second-order valence-corrected chi connectivity index (χ2v) is 7.78. The molecule has 1 aromatic rings. The Morgan fingerprint density at radius 2 is 2.13 bits per heavy atom. The van der Waals surface area contributed by atoms with Crippen molar-refractivity contribution in [1.29, 1.82) is 0 Å². The summed E-state index contributed by atoms with van der Waals surface area (Å²) < 4.78 is 5.58. The van der Waals surface area contributed by atoms with Gasteiger partial charge in [0.25, 0.3) is 0 Å². The molecule has 2 aliphatic rings. The summed E-state index contributed by atoms with van der Waals surface area (Å²) in [6.45, 7) is 6.87. The van der Waals surface area contributed by atoms with Crippen LogP contribution in [0.5, 0.6) is 0 Å². The van der Waals surface area contributed by atoms with Gasteiger partial charge in [-0.05, 0) is 43.0 Å². The molecule has 2 fully saturated rings. The van der Waals surface area contributed by atoms with Crippen molar-refractivity contribution in [3.63, 3.8) is 0 Å². The van der Waals surface area contributed by atoms with E-state index in [2.05, 4.69) is 29.0 Å². The number of hydrogen-bond donors (Lipinski definition) is 0. The van der Waals surface area contributed by atoms with Crippen molar-refractivity contribution in [2.75, 3.05) is 26.3 Å². The molecule has 0 N–H and O–H groups in total. The number of ether oxygens (including phenoxy) is 1. The number of rotatable bonds is 6. The molecule has 4 heteroatoms. The first-order valence-corrected chi connectivity index (χ1v) is 9.66. The first-order valence-electron chi connectivity index (χ1n) is 8.78. The monoisotopic (exact) mass is 333 g/mol. The topological polar surface area (TPSA) is 29.5 Å². The van der Waals surface area contributed by atoms with E-state index in [1.165, 1.54) is 17.7 Å². The zero-order chi connectivity index (χ0) is 16.1. The second kappa shape index (κ2) is 7.63. The van der Waals surface area contributed by atoms with Gasteiger partial charge in [-0.15, -0.1) is 17.9 Å². The van der Waals surface area contributed by atoms with Gasteiger partial charge in [-0.1, -0.05) is 25.0 Å². The molecule has 0 bridgehead atoms. The fourth-order valence-corrected chi connectivity index (χ4v) is 5.00. The third-order valence-corrected chi connectivity index (χ3v) is 6.42. The van der Waals surface area contributed by atoms with Gasteiger partial charge in [-0.2, -0.15) is 0 Å². The van der Waals surface area contributed by atoms with E-state index in [9.17, 15) is 4.79 Å². The molecule has 23 heavy (non-hydrogen) atoms. The summed E-state index contributed by atoms with van der Waals surface area (Å²) in [5.74, 6) is 0.961. The molecule has 3 rings (SSSR count). The smallest absolute Gasteiger partial charge is 0.234 e. The second-order valence-electron chi connectivity index (χ2n) is 6.83. The Hall–Kier alpha value is -1.13. The zero-order valence-electron chi connectivity index (χ0n) is 13.8. The van der Waals surface area contributed by atoms with Gasteiger partial charge in [-0.3, -0.25) is 4.79 Å². The van der Waals surface area contributed by atoms with Crippen LogP contribution in [0.1, 0.15) is 43.4 Å². The number of likely N-dealkylation sites (tertiary alicyclic amines) is 1. The van der Waals surface area contributed by atoms with Crippen LogP contribution in [0.25, 0.3) is 0 Å². The molecular formula is C19H27NO2S. The molecule has 1 saturated heterocycles. The van der Waals surface area contributed by atoms with Crippen LogP contribution < -0.4 is 0 Å². The van der Waals surface area contributed by atoms with Gasteiger partial charge in [0.2, 0.25) is 5.91 Å². The van der Waals surface area contributed by atoms with Gasteiger partial charge in [-0.25, -0.2) is 0 Å². The molecule has 1 aliphatic heterocycles. The quantitative estimate of drug-likeness (QED) is 0.582. The lowest BCUT2D eigenvalue weighted by Crippen LogP contribution is -2.48. The number of thiophene rings is 1. The molecule has 3 nitrogen and oxygen atoms in total. The van der Waals surface area contributed by atoms with Crippen LogP contribution in [0.2, 0.25) is 0 Å². The molecule has 0 spiro atoms. The van der Waals surface area contributed by atoms with Gasteiger partial charge in [0.1, 0.15) is 0 Å². The number of carbonyl (C=O) groups excluding carboxylic acids is 1. The summed E-state index contributed by atoms with van der Waals surface area (Å²) in [7, 11) is 0. The molecule has 1 saturated carbocycles. The summed E-state index contributed by atoms with van der Waals surface area (Å²) in [4.78, 5) is 16.7. The molecule has 0 radical (unpaired) electrons. The van der Waals surface area contributed by atoms with Crippen LogP contribution in [0.3, 0.4) is 0 Å². The van der Waals surface area contributed by atoms with Crippen molar-refractivity contribution in [2.24, 2.45) is 5.92 Å². The van der Waals surface area contributed by atoms with Crippen LogP contribution >= 0.6 is 11.3 Å². The van der Waals surface area contributed by atoms with Crippen molar-refractivity contribution >= 4 is 17.2 Å². The highest BCUT2D eigenvalue weighted by Gasteiger charge is 2.46. The third kappa shape index (κ3) is 3.53. The SMILES string of the molecule is C=CCOCC1CCN(C(=O)C2(c3cccs3)CCCC2)CC1. The average molecular weight is 333 g/mol. The van der Waals surface area contributed by atoms with Crippen LogP contribution in [-0.2, 0) is 14.9 Å². The van der Waals surface area contributed by atoms with E-state index in [1.54, 1.807) is 17.4 Å². The van der Waals surface area contributed by atoms with E-state index in [0.29, 0.717) is 18.4 Å². The van der Waals surface area contributed by atoms with E-state index < -0.39 is 0 Å². The highest BCUT2D eigenvalue weighted by molar-refractivity contribution is 7.10. The lowest BCUT2D eigenvalue weighted by Gasteiger charge is -2.38.